The Bertz CT molecular complexity index is 1300. The van der Waals surface area contributed by atoms with Crippen LogP contribution in [0.1, 0.15) is 35.5 Å². The van der Waals surface area contributed by atoms with Gasteiger partial charge < -0.3 is 23.7 Å². The van der Waals surface area contributed by atoms with Crippen molar-refractivity contribution in [2.24, 2.45) is 5.92 Å². The predicted molar refractivity (Wildman–Crippen MR) is 134 cm³/mol. The number of amides is 1. The highest BCUT2D eigenvalue weighted by molar-refractivity contribution is 7.90. The smallest absolute Gasteiger partial charge is 0.254 e. The van der Waals surface area contributed by atoms with Gasteiger partial charge in [-0.1, -0.05) is 44.2 Å². The van der Waals surface area contributed by atoms with Crippen molar-refractivity contribution in [1.29, 1.82) is 0 Å². The van der Waals surface area contributed by atoms with Crippen LogP contribution in [0.5, 0.6) is 11.5 Å². The molecule has 0 aliphatic carbocycles. The molecule has 1 aliphatic heterocycles. The van der Waals surface area contributed by atoms with Gasteiger partial charge in [0.2, 0.25) is 21.8 Å². The standard InChI is InChI=1S/C26H31N3O6S/c1-19(2)15-28(25(30)21-9-10-23-24(13-21)35-18-34-23)16-22-14-27-26(29(22)11-12-33-3)36(31,32)17-20-7-5-4-6-8-20/h4-10,13-14,19H,11-12,15-18H2,1-3H3. The van der Waals surface area contributed by atoms with Crippen molar-refractivity contribution < 1.29 is 27.4 Å². The molecular formula is C26H31N3O6S. The SMILES string of the molecule is COCCn1c(CN(CC(C)C)C(=O)c2ccc3c(c2)OCO3)cnc1S(=O)(=O)Cc1ccccc1. The van der Waals surface area contributed by atoms with Gasteiger partial charge in [-0.2, -0.15) is 0 Å². The number of ether oxygens (including phenoxy) is 3. The Kier molecular flexibility index (Phi) is 7.95. The van der Waals surface area contributed by atoms with E-state index in [0.717, 1.165) is 0 Å². The topological polar surface area (TPSA) is 100.0 Å². The molecule has 0 bridgehead atoms. The third kappa shape index (κ3) is 5.88. The number of methoxy groups -OCH3 is 1. The molecule has 36 heavy (non-hydrogen) atoms. The van der Waals surface area contributed by atoms with Crippen LogP contribution in [0.4, 0.5) is 0 Å². The number of aromatic nitrogens is 2. The minimum atomic E-state index is -3.73. The lowest BCUT2D eigenvalue weighted by atomic mass is 10.1. The van der Waals surface area contributed by atoms with Crippen LogP contribution in [0.2, 0.25) is 0 Å². The number of hydrogen-bond acceptors (Lipinski definition) is 7. The molecule has 0 atom stereocenters. The number of imidazole rings is 1. The second-order valence-electron chi connectivity index (χ2n) is 9.07. The molecule has 1 aromatic heterocycles. The van der Waals surface area contributed by atoms with Crippen molar-refractivity contribution >= 4 is 15.7 Å². The highest BCUT2D eigenvalue weighted by Crippen LogP contribution is 2.33. The number of carbonyl (C=O) groups is 1. The van der Waals surface area contributed by atoms with Crippen LogP contribution >= 0.6 is 0 Å². The van der Waals surface area contributed by atoms with Gasteiger partial charge in [0.15, 0.2) is 11.5 Å². The quantitative estimate of drug-likeness (QED) is 0.387. The highest BCUT2D eigenvalue weighted by Gasteiger charge is 2.27. The highest BCUT2D eigenvalue weighted by atomic mass is 32.2. The van der Waals surface area contributed by atoms with Gasteiger partial charge in [0.1, 0.15) is 0 Å². The molecule has 10 heteroatoms. The van der Waals surface area contributed by atoms with Gasteiger partial charge in [-0.25, -0.2) is 13.4 Å². The summed E-state index contributed by atoms with van der Waals surface area (Å²) in [6, 6.07) is 14.1. The van der Waals surface area contributed by atoms with Crippen LogP contribution in [0.15, 0.2) is 59.9 Å². The van der Waals surface area contributed by atoms with E-state index in [1.54, 1.807) is 59.0 Å². The van der Waals surface area contributed by atoms with E-state index in [0.29, 0.717) is 48.0 Å². The van der Waals surface area contributed by atoms with E-state index in [4.69, 9.17) is 14.2 Å². The predicted octanol–water partition coefficient (Wildman–Crippen LogP) is 3.53. The van der Waals surface area contributed by atoms with E-state index in [-0.39, 0.29) is 36.1 Å². The Hall–Kier alpha value is -3.37. The lowest BCUT2D eigenvalue weighted by Crippen LogP contribution is -2.34. The first-order valence-electron chi connectivity index (χ1n) is 11.8. The molecule has 192 valence electrons. The molecule has 0 spiro atoms. The Morgan fingerprint density at radius 1 is 1.14 bits per heavy atom. The Balaban J connectivity index is 1.64. The van der Waals surface area contributed by atoms with Gasteiger partial charge in [-0.15, -0.1) is 0 Å². The van der Waals surface area contributed by atoms with E-state index >= 15 is 0 Å². The molecule has 2 heterocycles. The summed E-state index contributed by atoms with van der Waals surface area (Å²) in [5, 5.41) is -0.0292. The minimum absolute atomic E-state index is 0.0292. The van der Waals surface area contributed by atoms with Crippen LogP contribution in [0.3, 0.4) is 0 Å². The molecule has 2 aromatic carbocycles. The maximum absolute atomic E-state index is 13.5. The normalized spacial score (nSPS) is 12.8. The molecule has 9 nitrogen and oxygen atoms in total. The molecule has 0 saturated carbocycles. The third-order valence-electron chi connectivity index (χ3n) is 5.74. The summed E-state index contributed by atoms with van der Waals surface area (Å²) in [7, 11) is -2.17. The van der Waals surface area contributed by atoms with Gasteiger partial charge >= 0.3 is 0 Å². The first-order chi connectivity index (χ1) is 17.3. The molecule has 1 amide bonds. The summed E-state index contributed by atoms with van der Waals surface area (Å²) in [5.41, 5.74) is 1.77. The molecule has 1 aliphatic rings. The second-order valence-corrected chi connectivity index (χ2v) is 11.0. The van der Waals surface area contributed by atoms with E-state index < -0.39 is 9.84 Å². The fraction of sp³-hybridized carbons (Fsp3) is 0.385. The van der Waals surface area contributed by atoms with Crippen LogP contribution in [0.25, 0.3) is 0 Å². The third-order valence-corrected chi connectivity index (χ3v) is 7.34. The lowest BCUT2D eigenvalue weighted by Gasteiger charge is -2.25. The summed E-state index contributed by atoms with van der Waals surface area (Å²) in [6.07, 6.45) is 1.54. The van der Waals surface area contributed by atoms with E-state index in [1.165, 1.54) is 6.20 Å². The number of nitrogens with zero attached hydrogens (tertiary/aromatic N) is 3. The van der Waals surface area contributed by atoms with Gasteiger partial charge in [0.25, 0.3) is 5.91 Å². The van der Waals surface area contributed by atoms with Gasteiger partial charge in [-0.05, 0) is 29.7 Å². The number of benzene rings is 2. The van der Waals surface area contributed by atoms with E-state index in [1.807, 2.05) is 19.9 Å². The molecule has 0 N–H and O–H groups in total. The molecule has 0 radical (unpaired) electrons. The largest absolute Gasteiger partial charge is 0.454 e. The first-order valence-corrected chi connectivity index (χ1v) is 13.4. The monoisotopic (exact) mass is 513 g/mol. The lowest BCUT2D eigenvalue weighted by molar-refractivity contribution is 0.0716. The average Bonchev–Trinajstić information content (AvgIpc) is 3.48. The molecule has 0 saturated heterocycles. The molecular weight excluding hydrogens is 482 g/mol. The van der Waals surface area contributed by atoms with Crippen molar-refractivity contribution in [2.75, 3.05) is 27.1 Å². The zero-order chi connectivity index (χ0) is 25.7. The fourth-order valence-electron chi connectivity index (χ4n) is 4.11. The Labute approximate surface area is 211 Å². The van der Waals surface area contributed by atoms with Crippen molar-refractivity contribution in [3.63, 3.8) is 0 Å². The molecule has 4 rings (SSSR count). The summed E-state index contributed by atoms with van der Waals surface area (Å²) in [4.78, 5) is 19.5. The van der Waals surface area contributed by atoms with Crippen molar-refractivity contribution in [3.8, 4) is 11.5 Å². The van der Waals surface area contributed by atoms with Crippen LogP contribution in [-0.2, 0) is 33.4 Å². The summed E-state index contributed by atoms with van der Waals surface area (Å²) in [6.45, 7) is 5.45. The second kappa shape index (κ2) is 11.1. The molecule has 0 fully saturated rings. The number of hydrogen-bond donors (Lipinski definition) is 0. The zero-order valence-electron chi connectivity index (χ0n) is 20.7. The first kappa shape index (κ1) is 25.7. The van der Waals surface area contributed by atoms with Gasteiger partial charge in [-0.3, -0.25) is 4.79 Å². The maximum Gasteiger partial charge on any atom is 0.254 e. The number of sulfone groups is 1. The molecule has 0 unspecified atom stereocenters. The Morgan fingerprint density at radius 2 is 1.89 bits per heavy atom. The minimum Gasteiger partial charge on any atom is -0.454 e. The van der Waals surface area contributed by atoms with E-state index in [2.05, 4.69) is 4.98 Å². The Morgan fingerprint density at radius 3 is 2.61 bits per heavy atom. The van der Waals surface area contributed by atoms with Crippen molar-refractivity contribution in [3.05, 3.63) is 71.5 Å². The van der Waals surface area contributed by atoms with Crippen LogP contribution in [0, 0.1) is 5.92 Å². The van der Waals surface area contributed by atoms with Gasteiger partial charge in [0.05, 0.1) is 30.8 Å². The van der Waals surface area contributed by atoms with Gasteiger partial charge in [0, 0.05) is 25.8 Å². The van der Waals surface area contributed by atoms with Crippen LogP contribution < -0.4 is 9.47 Å². The number of fused-ring (bicyclic) bond motifs is 1. The zero-order valence-corrected chi connectivity index (χ0v) is 21.5. The molecule has 3 aromatic rings. The number of rotatable bonds is 11. The van der Waals surface area contributed by atoms with Crippen molar-refractivity contribution in [2.45, 2.75) is 37.8 Å². The van der Waals surface area contributed by atoms with Crippen LogP contribution in [-0.4, -0.2) is 55.8 Å². The summed E-state index contributed by atoms with van der Waals surface area (Å²) in [5.74, 6) is 0.982. The maximum atomic E-state index is 13.5. The number of carbonyl (C=O) groups excluding carboxylic acids is 1. The van der Waals surface area contributed by atoms with E-state index in [9.17, 15) is 13.2 Å². The van der Waals surface area contributed by atoms with Crippen molar-refractivity contribution in [1.82, 2.24) is 14.5 Å². The average molecular weight is 514 g/mol. The fourth-order valence-corrected chi connectivity index (χ4v) is 5.63. The summed E-state index contributed by atoms with van der Waals surface area (Å²) >= 11 is 0. The summed E-state index contributed by atoms with van der Waals surface area (Å²) < 4.78 is 44.3.